The van der Waals surface area contributed by atoms with Gasteiger partial charge in [0.1, 0.15) is 33.8 Å². The van der Waals surface area contributed by atoms with Crippen molar-refractivity contribution in [1.82, 2.24) is 0 Å². The third-order valence-corrected chi connectivity index (χ3v) is 11.3. The Morgan fingerprint density at radius 2 is 0.887 bits per heavy atom. The van der Waals surface area contributed by atoms with Gasteiger partial charge in [-0.1, -0.05) is 97.1 Å². The highest BCUT2D eigenvalue weighted by Crippen LogP contribution is 2.62. The number of furan rings is 2. The Balaban J connectivity index is 1.08. The minimum Gasteiger partial charge on any atom is -0.457 e. The summed E-state index contributed by atoms with van der Waals surface area (Å²) in [6.45, 7) is 0. The van der Waals surface area contributed by atoms with E-state index in [1.807, 2.05) is 18.2 Å². The van der Waals surface area contributed by atoms with E-state index in [4.69, 9.17) is 13.6 Å². The number of para-hydroxylation sites is 4. The Kier molecular flexibility index (Phi) is 5.67. The third kappa shape index (κ3) is 3.84. The van der Waals surface area contributed by atoms with Gasteiger partial charge >= 0.3 is 0 Å². The van der Waals surface area contributed by atoms with Crippen LogP contribution in [0, 0.1) is 0 Å². The van der Waals surface area contributed by atoms with Crippen molar-refractivity contribution in [3.8, 4) is 22.6 Å². The number of rotatable bonds is 3. The molecule has 1 aliphatic carbocycles. The molecule has 53 heavy (non-hydrogen) atoms. The number of nitrogens with zero attached hydrogens (tertiary/aromatic N) is 1. The average molecular weight is 680 g/mol. The van der Waals surface area contributed by atoms with Gasteiger partial charge in [0, 0.05) is 61.9 Å². The first kappa shape index (κ1) is 28.6. The van der Waals surface area contributed by atoms with Gasteiger partial charge in [0.15, 0.2) is 0 Å². The summed E-state index contributed by atoms with van der Waals surface area (Å²) in [5.74, 6) is 1.77. The summed E-state index contributed by atoms with van der Waals surface area (Å²) in [6, 6.07) is 62.1. The third-order valence-electron chi connectivity index (χ3n) is 11.3. The van der Waals surface area contributed by atoms with Gasteiger partial charge in [0.25, 0.3) is 0 Å². The molecule has 10 aromatic rings. The molecule has 2 aliphatic rings. The fourth-order valence-corrected chi connectivity index (χ4v) is 9.13. The maximum atomic E-state index is 6.81. The maximum absolute atomic E-state index is 6.81. The Labute approximate surface area is 304 Å². The fraction of sp³-hybridized carbons (Fsp3) is 0.0204. The second-order valence-electron chi connectivity index (χ2n) is 14.0. The first-order valence-electron chi connectivity index (χ1n) is 18.0. The molecule has 4 heteroatoms. The molecule has 2 aromatic heterocycles. The van der Waals surface area contributed by atoms with E-state index in [1.54, 1.807) is 0 Å². The maximum Gasteiger partial charge on any atom is 0.137 e. The van der Waals surface area contributed by atoms with Crippen molar-refractivity contribution in [3.63, 3.8) is 0 Å². The molecule has 1 spiro atoms. The molecule has 1 aliphatic heterocycles. The van der Waals surface area contributed by atoms with Crippen LogP contribution in [0.3, 0.4) is 0 Å². The van der Waals surface area contributed by atoms with Gasteiger partial charge in [-0.3, -0.25) is 0 Å². The minimum atomic E-state index is -0.533. The van der Waals surface area contributed by atoms with Gasteiger partial charge < -0.3 is 18.5 Å². The van der Waals surface area contributed by atoms with E-state index < -0.39 is 5.41 Å². The molecule has 4 nitrogen and oxygen atoms in total. The Hall–Kier alpha value is -7.04. The summed E-state index contributed by atoms with van der Waals surface area (Å²) >= 11 is 0. The Bertz CT molecular complexity index is 3070. The fourth-order valence-electron chi connectivity index (χ4n) is 9.13. The summed E-state index contributed by atoms with van der Waals surface area (Å²) in [7, 11) is 0. The number of ether oxygens (including phenoxy) is 1. The lowest BCUT2D eigenvalue weighted by atomic mass is 9.66. The number of hydrogen-bond acceptors (Lipinski definition) is 4. The van der Waals surface area contributed by atoms with Gasteiger partial charge in [-0.25, -0.2) is 0 Å². The van der Waals surface area contributed by atoms with Crippen molar-refractivity contribution in [2.24, 2.45) is 0 Å². The van der Waals surface area contributed by atoms with Gasteiger partial charge in [0.05, 0.1) is 5.41 Å². The normalized spacial score (nSPS) is 13.6. The molecular weight excluding hydrogens is 651 g/mol. The molecule has 0 N–H and O–H groups in total. The van der Waals surface area contributed by atoms with Crippen LogP contribution >= 0.6 is 0 Å². The predicted molar refractivity (Wildman–Crippen MR) is 213 cm³/mol. The standard InChI is InChI=1S/C49H29NO3/c1-2-12-30(13-3-1)50(31-22-24-35-34-15-5-9-19-43(34)51-46(35)26-31)32-23-25-36-38-28-42-37(29-48(38)53-47(36)27-32)33-14-4-6-16-39(33)49(42)40-17-7-10-20-44(40)52-45-21-11-8-18-41(45)49/h1-29H. The number of fused-ring (bicyclic) bond motifs is 15. The molecule has 0 radical (unpaired) electrons. The molecule has 0 atom stereocenters. The molecule has 3 heterocycles. The Morgan fingerprint density at radius 3 is 1.62 bits per heavy atom. The molecule has 12 rings (SSSR count). The van der Waals surface area contributed by atoms with Crippen LogP contribution in [0.4, 0.5) is 17.1 Å². The van der Waals surface area contributed by atoms with E-state index in [-0.39, 0.29) is 0 Å². The van der Waals surface area contributed by atoms with E-state index in [0.717, 1.165) is 83.6 Å². The molecule has 0 saturated heterocycles. The van der Waals surface area contributed by atoms with Crippen molar-refractivity contribution in [2.75, 3.05) is 4.90 Å². The minimum absolute atomic E-state index is 0.533. The predicted octanol–water partition coefficient (Wildman–Crippen LogP) is 13.4. The number of hydrogen-bond donors (Lipinski definition) is 0. The molecule has 8 aromatic carbocycles. The quantitative estimate of drug-likeness (QED) is 0.186. The molecule has 248 valence electrons. The lowest BCUT2D eigenvalue weighted by Gasteiger charge is -2.39. The highest BCUT2D eigenvalue weighted by Gasteiger charge is 2.51. The summed E-state index contributed by atoms with van der Waals surface area (Å²) in [6.07, 6.45) is 0. The van der Waals surface area contributed by atoms with E-state index in [2.05, 4.69) is 163 Å². The zero-order chi connectivity index (χ0) is 34.7. The highest BCUT2D eigenvalue weighted by molar-refractivity contribution is 6.10. The molecule has 0 amide bonds. The monoisotopic (exact) mass is 679 g/mol. The Morgan fingerprint density at radius 1 is 0.340 bits per heavy atom. The van der Waals surface area contributed by atoms with E-state index in [0.29, 0.717) is 0 Å². The first-order chi connectivity index (χ1) is 26.3. The summed E-state index contributed by atoms with van der Waals surface area (Å²) < 4.78 is 19.7. The van der Waals surface area contributed by atoms with E-state index >= 15 is 0 Å². The van der Waals surface area contributed by atoms with Crippen LogP contribution in [0.25, 0.3) is 55.0 Å². The average Bonchev–Trinajstić information content (AvgIpc) is 3.85. The van der Waals surface area contributed by atoms with Crippen LogP contribution in [0.2, 0.25) is 0 Å². The number of benzene rings is 8. The van der Waals surface area contributed by atoms with Crippen molar-refractivity contribution in [1.29, 1.82) is 0 Å². The van der Waals surface area contributed by atoms with Crippen LogP contribution < -0.4 is 9.64 Å². The topological polar surface area (TPSA) is 38.8 Å². The second kappa shape index (κ2) is 10.5. The first-order valence-corrected chi connectivity index (χ1v) is 18.0. The highest BCUT2D eigenvalue weighted by atomic mass is 16.5. The summed E-state index contributed by atoms with van der Waals surface area (Å²) in [5.41, 5.74) is 13.2. The summed E-state index contributed by atoms with van der Waals surface area (Å²) in [4.78, 5) is 2.26. The van der Waals surface area contributed by atoms with E-state index in [9.17, 15) is 0 Å². The van der Waals surface area contributed by atoms with Crippen molar-refractivity contribution in [3.05, 3.63) is 198 Å². The lowest BCUT2D eigenvalue weighted by Crippen LogP contribution is -2.32. The SMILES string of the molecule is c1ccc(N(c2ccc3c(c2)oc2ccccc23)c2ccc3c(c2)oc2cc4c(cc23)C2(c3ccccc3Oc3ccccc32)c2ccccc2-4)cc1. The van der Waals surface area contributed by atoms with Crippen LogP contribution in [0.15, 0.2) is 185 Å². The summed E-state index contributed by atoms with van der Waals surface area (Å²) in [5, 5.41) is 4.39. The molecule has 0 unspecified atom stereocenters. The van der Waals surface area contributed by atoms with Crippen molar-refractivity contribution >= 4 is 60.9 Å². The number of anilines is 3. The van der Waals surface area contributed by atoms with Crippen LogP contribution in [0.5, 0.6) is 11.5 Å². The zero-order valence-electron chi connectivity index (χ0n) is 28.4. The second-order valence-corrected chi connectivity index (χ2v) is 14.0. The molecule has 0 fully saturated rings. The van der Waals surface area contributed by atoms with Crippen molar-refractivity contribution < 1.29 is 13.6 Å². The molecule has 0 bridgehead atoms. The van der Waals surface area contributed by atoms with Gasteiger partial charge in [-0.2, -0.15) is 0 Å². The molecular formula is C49H29NO3. The molecule has 0 saturated carbocycles. The van der Waals surface area contributed by atoms with E-state index in [1.165, 1.54) is 22.3 Å². The largest absolute Gasteiger partial charge is 0.457 e. The smallest absolute Gasteiger partial charge is 0.137 e. The van der Waals surface area contributed by atoms with Crippen LogP contribution in [-0.4, -0.2) is 0 Å². The zero-order valence-corrected chi connectivity index (χ0v) is 28.4. The lowest BCUT2D eigenvalue weighted by molar-refractivity contribution is 0.436. The van der Waals surface area contributed by atoms with Gasteiger partial charge in [-0.15, -0.1) is 0 Å². The van der Waals surface area contributed by atoms with Crippen molar-refractivity contribution in [2.45, 2.75) is 5.41 Å². The van der Waals surface area contributed by atoms with Crippen LogP contribution in [0.1, 0.15) is 22.3 Å². The van der Waals surface area contributed by atoms with Crippen LogP contribution in [-0.2, 0) is 5.41 Å². The van der Waals surface area contributed by atoms with Gasteiger partial charge in [0.2, 0.25) is 0 Å². The van der Waals surface area contributed by atoms with Gasteiger partial charge in [-0.05, 0) is 89.0 Å².